The van der Waals surface area contributed by atoms with Gasteiger partial charge in [-0.25, -0.2) is 15.0 Å². The van der Waals surface area contributed by atoms with Crippen LogP contribution in [0.1, 0.15) is 40.9 Å². The molecule has 3 aromatic heterocycles. The van der Waals surface area contributed by atoms with Gasteiger partial charge in [0.05, 0.1) is 25.9 Å². The maximum absolute atomic E-state index is 13.6. The Bertz CT molecular complexity index is 2010. The number of nitrogens with zero attached hydrogens (tertiary/aromatic N) is 5. The fourth-order valence-corrected chi connectivity index (χ4v) is 3.33. The molecular formula is C28H25N7O. The highest BCUT2D eigenvalue weighted by Gasteiger charge is 2.12. The lowest BCUT2D eigenvalue weighted by Gasteiger charge is -2.13. The summed E-state index contributed by atoms with van der Waals surface area (Å²) in [5.74, 6) is -1.38. The molecule has 2 N–H and O–H groups in total. The number of nitrogens with one attached hydrogen (secondary N) is 2. The largest absolute Gasteiger partial charge is 0.324 e. The van der Waals surface area contributed by atoms with Crippen molar-refractivity contribution in [2.45, 2.75) is 20.7 Å². The third-order valence-electron chi connectivity index (χ3n) is 4.93. The Balaban J connectivity index is 1.61. The second-order valence-electron chi connectivity index (χ2n) is 7.76. The van der Waals surface area contributed by atoms with Crippen molar-refractivity contribution >= 4 is 23.2 Å². The van der Waals surface area contributed by atoms with E-state index in [0.29, 0.717) is 22.5 Å². The maximum atomic E-state index is 13.6. The molecule has 3 heterocycles. The Hall–Kier alpha value is -4.85. The van der Waals surface area contributed by atoms with Gasteiger partial charge in [0, 0.05) is 57.0 Å². The number of benzene rings is 2. The molecule has 178 valence electrons. The summed E-state index contributed by atoms with van der Waals surface area (Å²) in [7, 11) is 0. The molecule has 8 heteroatoms. The normalized spacial score (nSPS) is 15.1. The molecule has 0 aliphatic rings. The summed E-state index contributed by atoms with van der Waals surface area (Å²) in [5, 5.41) is 5.16. The number of aryl methyl sites for hydroxylation is 2. The molecule has 0 aliphatic carbocycles. The molecule has 0 saturated carbocycles. The van der Waals surface area contributed by atoms with Crippen LogP contribution in [0.5, 0.6) is 0 Å². The first-order valence-corrected chi connectivity index (χ1v) is 10.7. The van der Waals surface area contributed by atoms with Crippen molar-refractivity contribution < 1.29 is 18.5 Å². The molecular weight excluding hydrogens is 450 g/mol. The summed E-state index contributed by atoms with van der Waals surface area (Å²) in [5.41, 5.74) is -0.0262. The lowest BCUT2D eigenvalue weighted by molar-refractivity contribution is 0.102. The van der Waals surface area contributed by atoms with E-state index in [1.54, 1.807) is 38.1 Å². The van der Waals surface area contributed by atoms with Crippen molar-refractivity contribution in [2.24, 2.45) is 0 Å². The van der Waals surface area contributed by atoms with Crippen LogP contribution in [0.4, 0.5) is 17.3 Å². The summed E-state index contributed by atoms with van der Waals surface area (Å²) in [4.78, 5) is 29.7. The molecule has 0 aliphatic heterocycles. The van der Waals surface area contributed by atoms with E-state index in [-0.39, 0.29) is 35.8 Å². The first-order chi connectivity index (χ1) is 21.6. The average Bonchev–Trinajstić information content (AvgIpc) is 3.23. The SMILES string of the molecule is [2H]c1nc(Nc2c([2H])c(C(=O)Nc3cc(C)cc(-n4c([2H])nc(C)c4[2H])c3)c([2H])c([2H])c2C([2H])([2H])[2H])nc(-c2cccnc2)c1[2H]. The van der Waals surface area contributed by atoms with Gasteiger partial charge in [-0.15, -0.1) is 0 Å². The van der Waals surface area contributed by atoms with Gasteiger partial charge in [0.1, 0.15) is 1.37 Å². The van der Waals surface area contributed by atoms with Gasteiger partial charge < -0.3 is 15.2 Å². The van der Waals surface area contributed by atoms with Gasteiger partial charge >= 0.3 is 0 Å². The summed E-state index contributed by atoms with van der Waals surface area (Å²) >= 11 is 0. The Morgan fingerprint density at radius 2 is 2.06 bits per heavy atom. The topological polar surface area (TPSA) is 97.6 Å². The number of aromatic nitrogens is 5. The summed E-state index contributed by atoms with van der Waals surface area (Å²) in [6.45, 7) is 0.298. The van der Waals surface area contributed by atoms with E-state index in [1.165, 1.54) is 23.0 Å². The van der Waals surface area contributed by atoms with Crippen LogP contribution >= 0.6 is 0 Å². The number of amides is 1. The van der Waals surface area contributed by atoms with Crippen LogP contribution in [-0.2, 0) is 0 Å². The van der Waals surface area contributed by atoms with Crippen LogP contribution in [-0.4, -0.2) is 30.4 Å². The minimum absolute atomic E-state index is 0.00579. The first-order valence-electron chi connectivity index (χ1n) is 15.7. The number of anilines is 3. The molecule has 0 bridgehead atoms. The lowest BCUT2D eigenvalue weighted by atomic mass is 10.1. The fraction of sp³-hybridized carbons (Fsp3) is 0.107. The Labute approximate surface area is 223 Å². The van der Waals surface area contributed by atoms with Crippen molar-refractivity contribution in [1.82, 2.24) is 24.5 Å². The van der Waals surface area contributed by atoms with Crippen LogP contribution in [0, 0.1) is 20.7 Å². The van der Waals surface area contributed by atoms with Gasteiger partial charge in [0.25, 0.3) is 5.91 Å². The highest BCUT2D eigenvalue weighted by atomic mass is 16.1. The predicted molar refractivity (Wildman–Crippen MR) is 141 cm³/mol. The minimum Gasteiger partial charge on any atom is -0.324 e. The zero-order chi connectivity index (χ0) is 33.7. The quantitative estimate of drug-likeness (QED) is 0.323. The molecule has 0 saturated heterocycles. The predicted octanol–water partition coefficient (Wildman–Crippen LogP) is 5.65. The van der Waals surface area contributed by atoms with Crippen LogP contribution < -0.4 is 10.6 Å². The molecule has 2 aromatic carbocycles. The van der Waals surface area contributed by atoms with E-state index in [1.807, 2.05) is 0 Å². The van der Waals surface area contributed by atoms with Crippen LogP contribution in [0.25, 0.3) is 16.9 Å². The van der Waals surface area contributed by atoms with Crippen LogP contribution in [0.15, 0.2) is 85.5 Å². The number of rotatable bonds is 6. The van der Waals surface area contributed by atoms with Crippen molar-refractivity contribution in [3.63, 3.8) is 0 Å². The lowest BCUT2D eigenvalue weighted by Crippen LogP contribution is -2.13. The van der Waals surface area contributed by atoms with Gasteiger partial charge in [-0.05, 0) is 80.3 Å². The van der Waals surface area contributed by atoms with E-state index in [0.717, 1.165) is 0 Å². The van der Waals surface area contributed by atoms with Crippen LogP contribution in [0.3, 0.4) is 0 Å². The van der Waals surface area contributed by atoms with Gasteiger partial charge in [0.15, 0.2) is 0 Å². The number of imidazole rings is 1. The third kappa shape index (κ3) is 5.12. The molecule has 0 unspecified atom stereocenters. The van der Waals surface area contributed by atoms with Crippen molar-refractivity contribution in [3.05, 3.63) is 108 Å². The molecule has 0 atom stereocenters. The summed E-state index contributed by atoms with van der Waals surface area (Å²) in [6, 6.07) is 5.21. The van der Waals surface area contributed by atoms with E-state index in [9.17, 15) is 4.79 Å². The zero-order valence-electron chi connectivity index (χ0n) is 29.2. The highest BCUT2D eigenvalue weighted by Crippen LogP contribution is 2.24. The standard InChI is InChI=1S/C28H25N7O/c1-18-11-23(14-24(12-18)35-16-20(3)31-17-35)32-27(36)21-7-6-19(2)26(13-21)34-28-30-10-8-25(33-28)22-5-4-9-29-15-22/h4-17H,1-3H3,(H,32,36)(H,30,33,34)/i2D3,6D,7D,8D,10D,13D,16D,17D. The number of carbonyl (C=O) groups excluding carboxylic acids is 1. The molecule has 5 aromatic rings. The number of hydrogen-bond donors (Lipinski definition) is 2. The first kappa shape index (κ1) is 13.9. The molecule has 5 rings (SSSR count). The molecule has 36 heavy (non-hydrogen) atoms. The van der Waals surface area contributed by atoms with Crippen LogP contribution in [0.2, 0.25) is 0 Å². The summed E-state index contributed by atoms with van der Waals surface area (Å²) < 4.78 is 84.1. The van der Waals surface area contributed by atoms with E-state index >= 15 is 0 Å². The number of pyridine rings is 1. The molecule has 0 spiro atoms. The third-order valence-corrected chi connectivity index (χ3v) is 4.93. The van der Waals surface area contributed by atoms with E-state index in [4.69, 9.17) is 13.7 Å². The Kier molecular flexibility index (Phi) is 3.78. The molecule has 0 radical (unpaired) electrons. The van der Waals surface area contributed by atoms with Gasteiger partial charge in [-0.3, -0.25) is 9.78 Å². The molecule has 1 amide bonds. The van der Waals surface area contributed by atoms with E-state index in [2.05, 4.69) is 30.6 Å². The van der Waals surface area contributed by atoms with Gasteiger partial charge in [-0.2, -0.15) is 0 Å². The van der Waals surface area contributed by atoms with Crippen molar-refractivity contribution in [3.8, 4) is 16.9 Å². The fourth-order valence-electron chi connectivity index (χ4n) is 3.33. The van der Waals surface area contributed by atoms with Crippen molar-refractivity contribution in [2.75, 3.05) is 10.6 Å². The van der Waals surface area contributed by atoms with Gasteiger partial charge in [-0.1, -0.05) is 6.04 Å². The zero-order valence-corrected chi connectivity index (χ0v) is 19.2. The molecule has 0 fully saturated rings. The monoisotopic (exact) mass is 485 g/mol. The molecule has 8 nitrogen and oxygen atoms in total. The number of carbonyl (C=O) groups is 1. The smallest absolute Gasteiger partial charge is 0.255 e. The minimum atomic E-state index is -3.01. The Morgan fingerprint density at radius 3 is 2.83 bits per heavy atom. The highest BCUT2D eigenvalue weighted by molar-refractivity contribution is 6.05. The second kappa shape index (κ2) is 9.79. The summed E-state index contributed by atoms with van der Waals surface area (Å²) in [6.07, 6.45) is 2.18. The number of hydrogen-bond acceptors (Lipinski definition) is 6. The maximum Gasteiger partial charge on any atom is 0.255 e. The second-order valence-corrected chi connectivity index (χ2v) is 7.76. The Morgan fingerprint density at radius 1 is 1.14 bits per heavy atom. The van der Waals surface area contributed by atoms with Crippen molar-refractivity contribution in [1.29, 1.82) is 0 Å². The van der Waals surface area contributed by atoms with E-state index < -0.39 is 53.9 Å². The van der Waals surface area contributed by atoms with Gasteiger partial charge in [0.2, 0.25) is 5.95 Å². The average molecular weight is 486 g/mol.